The number of aryl methyl sites for hydroxylation is 1. The molecule has 0 unspecified atom stereocenters. The standard InChI is InChI=1S/C18H21NO3/c1-13-4-3-5-14(10-13)8-9-18(21)11-16-7-6-15(18)12-19(16)17(20)22-2/h3-5,10,15-16,21H,6-7,11-12H2,1-2H3/t15-,16-,18-/m1/s1. The van der Waals surface area contributed by atoms with Gasteiger partial charge in [-0.05, 0) is 37.5 Å². The number of piperidine rings is 2. The summed E-state index contributed by atoms with van der Waals surface area (Å²) in [5, 5.41) is 10.9. The summed E-state index contributed by atoms with van der Waals surface area (Å²) < 4.78 is 4.82. The minimum Gasteiger partial charge on any atom is -0.453 e. The Balaban J connectivity index is 1.80. The molecule has 1 aromatic rings. The van der Waals surface area contributed by atoms with Gasteiger partial charge in [0.25, 0.3) is 0 Å². The third kappa shape index (κ3) is 2.69. The number of benzene rings is 1. The van der Waals surface area contributed by atoms with Crippen LogP contribution in [-0.4, -0.2) is 41.4 Å². The monoisotopic (exact) mass is 299 g/mol. The molecule has 4 heteroatoms. The van der Waals surface area contributed by atoms with E-state index in [1.54, 1.807) is 4.90 Å². The maximum absolute atomic E-state index is 11.8. The van der Waals surface area contributed by atoms with Crippen LogP contribution in [0.1, 0.15) is 30.4 Å². The largest absolute Gasteiger partial charge is 0.453 e. The van der Waals surface area contributed by atoms with Crippen molar-refractivity contribution in [2.75, 3.05) is 13.7 Å². The lowest BCUT2D eigenvalue weighted by atomic mass is 9.69. The summed E-state index contributed by atoms with van der Waals surface area (Å²) in [6.45, 7) is 2.55. The van der Waals surface area contributed by atoms with E-state index < -0.39 is 5.60 Å². The molecular formula is C18H21NO3. The molecule has 1 aromatic carbocycles. The lowest BCUT2D eigenvalue weighted by Crippen LogP contribution is -2.61. The van der Waals surface area contributed by atoms with Gasteiger partial charge in [0.15, 0.2) is 0 Å². The lowest BCUT2D eigenvalue weighted by molar-refractivity contribution is -0.0829. The molecule has 4 nitrogen and oxygen atoms in total. The molecule has 0 aromatic heterocycles. The Bertz CT molecular complexity index is 645. The van der Waals surface area contributed by atoms with E-state index in [1.807, 2.05) is 31.2 Å². The summed E-state index contributed by atoms with van der Waals surface area (Å²) in [6.07, 6.45) is 2.01. The van der Waals surface area contributed by atoms with Crippen LogP contribution in [0.4, 0.5) is 4.79 Å². The van der Waals surface area contributed by atoms with Crippen LogP contribution in [0.25, 0.3) is 0 Å². The highest BCUT2D eigenvalue weighted by Crippen LogP contribution is 2.42. The summed E-state index contributed by atoms with van der Waals surface area (Å²) >= 11 is 0. The number of carbonyl (C=O) groups is 1. The van der Waals surface area contributed by atoms with Gasteiger partial charge in [-0.15, -0.1) is 0 Å². The Morgan fingerprint density at radius 1 is 1.45 bits per heavy atom. The van der Waals surface area contributed by atoms with E-state index in [0.717, 1.165) is 24.0 Å². The third-order valence-electron chi connectivity index (χ3n) is 4.78. The SMILES string of the molecule is COC(=O)N1C[C@H]2CC[C@@H]1C[C@]2(O)C#Cc1cccc(C)c1. The van der Waals surface area contributed by atoms with Crippen molar-refractivity contribution in [1.82, 2.24) is 4.90 Å². The predicted molar refractivity (Wildman–Crippen MR) is 83.2 cm³/mol. The fourth-order valence-electron chi connectivity index (χ4n) is 3.55. The number of rotatable bonds is 0. The van der Waals surface area contributed by atoms with Crippen molar-refractivity contribution in [2.24, 2.45) is 5.92 Å². The molecule has 1 amide bonds. The second-order valence-electron chi connectivity index (χ2n) is 6.30. The van der Waals surface area contributed by atoms with E-state index in [1.165, 1.54) is 7.11 Å². The van der Waals surface area contributed by atoms with Crippen LogP contribution in [0, 0.1) is 24.7 Å². The smallest absolute Gasteiger partial charge is 0.409 e. The Morgan fingerprint density at radius 3 is 2.91 bits per heavy atom. The van der Waals surface area contributed by atoms with E-state index in [0.29, 0.717) is 13.0 Å². The van der Waals surface area contributed by atoms with Crippen LogP contribution in [0.2, 0.25) is 0 Å². The second kappa shape index (κ2) is 5.66. The number of hydrogen-bond acceptors (Lipinski definition) is 3. The van der Waals surface area contributed by atoms with Gasteiger partial charge in [0.2, 0.25) is 0 Å². The van der Waals surface area contributed by atoms with Crippen molar-refractivity contribution in [1.29, 1.82) is 0 Å². The summed E-state index contributed by atoms with van der Waals surface area (Å²) in [4.78, 5) is 13.5. The van der Waals surface area contributed by atoms with Gasteiger partial charge in [-0.25, -0.2) is 4.79 Å². The minimum atomic E-state index is -1.00. The van der Waals surface area contributed by atoms with Crippen molar-refractivity contribution in [3.05, 3.63) is 35.4 Å². The number of amides is 1. The maximum Gasteiger partial charge on any atom is 0.409 e. The second-order valence-corrected chi connectivity index (χ2v) is 6.30. The molecule has 0 spiro atoms. The minimum absolute atomic E-state index is 0.00564. The number of fused-ring (bicyclic) bond motifs is 3. The summed E-state index contributed by atoms with van der Waals surface area (Å²) in [7, 11) is 1.40. The van der Waals surface area contributed by atoms with Gasteiger partial charge >= 0.3 is 6.09 Å². The van der Waals surface area contributed by atoms with Gasteiger partial charge in [0.1, 0.15) is 5.60 Å². The first-order valence-corrected chi connectivity index (χ1v) is 7.68. The highest BCUT2D eigenvalue weighted by atomic mass is 16.5. The van der Waals surface area contributed by atoms with Crippen molar-refractivity contribution < 1.29 is 14.6 Å². The van der Waals surface area contributed by atoms with E-state index >= 15 is 0 Å². The van der Waals surface area contributed by atoms with Crippen LogP contribution in [0.15, 0.2) is 24.3 Å². The zero-order valence-electron chi connectivity index (χ0n) is 13.0. The quantitative estimate of drug-likeness (QED) is 0.748. The molecule has 1 N–H and O–H groups in total. The Hall–Kier alpha value is -1.99. The first-order chi connectivity index (χ1) is 10.5. The van der Waals surface area contributed by atoms with Gasteiger partial charge in [0.05, 0.1) is 7.11 Å². The van der Waals surface area contributed by atoms with E-state index in [2.05, 4.69) is 11.8 Å². The van der Waals surface area contributed by atoms with E-state index in [-0.39, 0.29) is 18.1 Å². The Morgan fingerprint density at radius 2 is 2.27 bits per heavy atom. The van der Waals surface area contributed by atoms with Gasteiger partial charge < -0.3 is 14.7 Å². The number of carbonyl (C=O) groups excluding carboxylic acids is 1. The van der Waals surface area contributed by atoms with E-state index in [4.69, 9.17) is 4.74 Å². The number of ether oxygens (including phenoxy) is 1. The molecule has 4 rings (SSSR count). The average Bonchev–Trinajstić information content (AvgIpc) is 2.53. The van der Waals surface area contributed by atoms with Crippen molar-refractivity contribution >= 4 is 6.09 Å². The zero-order valence-corrected chi connectivity index (χ0v) is 13.0. The average molecular weight is 299 g/mol. The Labute approximate surface area is 131 Å². The number of nitrogens with zero attached hydrogens (tertiary/aromatic N) is 1. The van der Waals surface area contributed by atoms with Gasteiger partial charge in [0, 0.05) is 30.5 Å². The predicted octanol–water partition coefficient (Wildman–Crippen LogP) is 2.33. The molecule has 1 saturated carbocycles. The van der Waals surface area contributed by atoms with Crippen LogP contribution >= 0.6 is 0 Å². The first-order valence-electron chi connectivity index (χ1n) is 7.68. The molecule has 22 heavy (non-hydrogen) atoms. The normalized spacial score (nSPS) is 29.7. The molecule has 116 valence electrons. The molecule has 2 saturated heterocycles. The molecule has 2 aliphatic heterocycles. The van der Waals surface area contributed by atoms with Gasteiger partial charge in [-0.1, -0.05) is 24.0 Å². The number of methoxy groups -OCH3 is 1. The van der Waals surface area contributed by atoms with Crippen LogP contribution in [0.5, 0.6) is 0 Å². The summed E-state index contributed by atoms with van der Waals surface area (Å²) in [5.74, 6) is 6.18. The van der Waals surface area contributed by atoms with Gasteiger partial charge in [-0.3, -0.25) is 0 Å². The van der Waals surface area contributed by atoms with Crippen molar-refractivity contribution in [3.8, 4) is 11.8 Å². The topological polar surface area (TPSA) is 49.8 Å². The highest BCUT2D eigenvalue weighted by molar-refractivity contribution is 5.68. The van der Waals surface area contributed by atoms with Crippen molar-refractivity contribution in [2.45, 2.75) is 37.8 Å². The Kier molecular flexibility index (Phi) is 3.84. The molecule has 3 fully saturated rings. The molecule has 3 atom stereocenters. The summed E-state index contributed by atoms with van der Waals surface area (Å²) in [5.41, 5.74) is 1.07. The van der Waals surface area contributed by atoms with Crippen molar-refractivity contribution in [3.63, 3.8) is 0 Å². The van der Waals surface area contributed by atoms with Gasteiger partial charge in [-0.2, -0.15) is 0 Å². The molecule has 0 radical (unpaired) electrons. The maximum atomic E-state index is 11.8. The fraction of sp³-hybridized carbons (Fsp3) is 0.500. The molecule has 3 aliphatic rings. The molecule has 2 bridgehead atoms. The van der Waals surface area contributed by atoms with Crippen LogP contribution < -0.4 is 0 Å². The summed E-state index contributed by atoms with van der Waals surface area (Å²) in [6, 6.07) is 7.98. The fourth-order valence-corrected chi connectivity index (χ4v) is 3.55. The number of hydrogen-bond donors (Lipinski definition) is 1. The molecule has 2 heterocycles. The highest BCUT2D eigenvalue weighted by Gasteiger charge is 2.50. The van der Waals surface area contributed by atoms with Crippen LogP contribution in [0.3, 0.4) is 0 Å². The third-order valence-corrected chi connectivity index (χ3v) is 4.78. The van der Waals surface area contributed by atoms with E-state index in [9.17, 15) is 9.90 Å². The number of aliphatic hydroxyl groups is 1. The molecular weight excluding hydrogens is 278 g/mol. The first kappa shape index (κ1) is 14.9. The lowest BCUT2D eigenvalue weighted by Gasteiger charge is -2.51. The van der Waals surface area contributed by atoms with Crippen LogP contribution in [-0.2, 0) is 4.74 Å². The zero-order chi connectivity index (χ0) is 15.7. The molecule has 1 aliphatic carbocycles.